The first-order valence-corrected chi connectivity index (χ1v) is 8.34. The summed E-state index contributed by atoms with van der Waals surface area (Å²) in [6, 6.07) is 11.6. The van der Waals surface area contributed by atoms with Gasteiger partial charge in [0.15, 0.2) is 0 Å². The minimum Gasteiger partial charge on any atom is -0.496 e. The Morgan fingerprint density at radius 1 is 1.09 bits per heavy atom. The molecule has 0 aromatic heterocycles. The Bertz CT molecular complexity index is 647. The van der Waals surface area contributed by atoms with Gasteiger partial charge in [0, 0.05) is 17.1 Å². The molecule has 0 spiro atoms. The van der Waals surface area contributed by atoms with E-state index < -0.39 is 0 Å². The molecule has 1 N–H and O–H groups in total. The molecule has 0 bridgehead atoms. The van der Waals surface area contributed by atoms with Crippen LogP contribution in [0.3, 0.4) is 0 Å². The number of methoxy groups -OCH3 is 1. The fourth-order valence-electron chi connectivity index (χ4n) is 2.41. The first kappa shape index (κ1) is 17.9. The van der Waals surface area contributed by atoms with E-state index in [9.17, 15) is 0 Å². The van der Waals surface area contributed by atoms with Gasteiger partial charge in [0.05, 0.1) is 18.7 Å². The third-order valence-electron chi connectivity index (χ3n) is 3.45. The summed E-state index contributed by atoms with van der Waals surface area (Å²) in [6.45, 7) is 3.96. The summed E-state index contributed by atoms with van der Waals surface area (Å²) in [5, 5.41) is 4.56. The monoisotopic (exact) mass is 353 g/mol. The van der Waals surface area contributed by atoms with Crippen LogP contribution < -0.4 is 14.8 Å². The first-order chi connectivity index (χ1) is 11.2. The highest BCUT2D eigenvalue weighted by atomic mass is 35.5. The average Bonchev–Trinajstić information content (AvgIpc) is 2.55. The van der Waals surface area contributed by atoms with E-state index in [4.69, 9.17) is 32.7 Å². The second-order valence-corrected chi connectivity index (χ2v) is 5.89. The molecule has 0 aliphatic rings. The zero-order valence-corrected chi connectivity index (χ0v) is 14.9. The van der Waals surface area contributed by atoms with Crippen molar-refractivity contribution < 1.29 is 9.47 Å². The molecule has 0 fully saturated rings. The molecule has 0 atom stereocenters. The Kier molecular flexibility index (Phi) is 7.03. The second kappa shape index (κ2) is 9.02. The van der Waals surface area contributed by atoms with Crippen LogP contribution in [0.4, 0.5) is 0 Å². The van der Waals surface area contributed by atoms with Crippen LogP contribution in [0.1, 0.15) is 18.1 Å². The van der Waals surface area contributed by atoms with Gasteiger partial charge in [-0.05, 0) is 43.7 Å². The number of ether oxygens (including phenoxy) is 2. The predicted molar refractivity (Wildman–Crippen MR) is 96.0 cm³/mol. The van der Waals surface area contributed by atoms with Crippen molar-refractivity contribution in [3.8, 4) is 11.5 Å². The van der Waals surface area contributed by atoms with E-state index in [1.165, 1.54) is 5.56 Å². The average molecular weight is 354 g/mol. The zero-order valence-electron chi connectivity index (χ0n) is 13.4. The minimum atomic E-state index is 0.542. The molecule has 124 valence electrons. The maximum Gasteiger partial charge on any atom is 0.142 e. The van der Waals surface area contributed by atoms with Gasteiger partial charge in [0.25, 0.3) is 0 Å². The van der Waals surface area contributed by atoms with Crippen molar-refractivity contribution in [3.63, 3.8) is 0 Å². The zero-order chi connectivity index (χ0) is 16.7. The Morgan fingerprint density at radius 2 is 1.87 bits per heavy atom. The number of benzene rings is 2. The number of rotatable bonds is 8. The van der Waals surface area contributed by atoms with Crippen molar-refractivity contribution in [2.24, 2.45) is 0 Å². The molecule has 2 rings (SSSR count). The SMILES string of the molecule is CCOc1c(Cl)cc(Cl)cc1CNCCc1ccccc1OC. The smallest absolute Gasteiger partial charge is 0.142 e. The van der Waals surface area contributed by atoms with Gasteiger partial charge in [0.1, 0.15) is 11.5 Å². The van der Waals surface area contributed by atoms with E-state index in [-0.39, 0.29) is 0 Å². The lowest BCUT2D eigenvalue weighted by Gasteiger charge is -2.14. The summed E-state index contributed by atoms with van der Waals surface area (Å²) in [5.41, 5.74) is 2.14. The molecule has 3 nitrogen and oxygen atoms in total. The number of para-hydroxylation sites is 1. The number of halogens is 2. The molecule has 0 aliphatic carbocycles. The maximum absolute atomic E-state index is 6.21. The van der Waals surface area contributed by atoms with Crippen LogP contribution in [-0.4, -0.2) is 20.3 Å². The highest BCUT2D eigenvalue weighted by Gasteiger charge is 2.10. The lowest BCUT2D eigenvalue weighted by atomic mass is 10.1. The Labute approximate surface area is 147 Å². The van der Waals surface area contributed by atoms with E-state index in [1.807, 2.05) is 31.2 Å². The molecular formula is C18H21Cl2NO2. The summed E-state index contributed by atoms with van der Waals surface area (Å²) in [7, 11) is 1.69. The molecule has 2 aromatic rings. The molecule has 2 aromatic carbocycles. The van der Waals surface area contributed by atoms with Gasteiger partial charge in [-0.1, -0.05) is 41.4 Å². The molecule has 0 aliphatic heterocycles. The highest BCUT2D eigenvalue weighted by Crippen LogP contribution is 2.32. The van der Waals surface area contributed by atoms with Crippen LogP contribution in [0.15, 0.2) is 36.4 Å². The quantitative estimate of drug-likeness (QED) is 0.695. The van der Waals surface area contributed by atoms with E-state index in [0.29, 0.717) is 28.9 Å². The predicted octanol–water partition coefficient (Wildman–Crippen LogP) is 4.73. The number of hydrogen-bond acceptors (Lipinski definition) is 3. The normalized spacial score (nSPS) is 10.6. The summed E-state index contributed by atoms with van der Waals surface area (Å²) in [6.07, 6.45) is 0.877. The second-order valence-electron chi connectivity index (χ2n) is 5.05. The summed E-state index contributed by atoms with van der Waals surface area (Å²) < 4.78 is 11.0. The maximum atomic E-state index is 6.21. The molecule has 0 saturated carbocycles. The van der Waals surface area contributed by atoms with Crippen LogP contribution in [0, 0.1) is 0 Å². The Hall–Kier alpha value is -1.42. The third-order valence-corrected chi connectivity index (χ3v) is 3.95. The molecule has 23 heavy (non-hydrogen) atoms. The fraction of sp³-hybridized carbons (Fsp3) is 0.333. The van der Waals surface area contributed by atoms with E-state index >= 15 is 0 Å². The highest BCUT2D eigenvalue weighted by molar-refractivity contribution is 6.35. The molecule has 0 radical (unpaired) electrons. The topological polar surface area (TPSA) is 30.5 Å². The van der Waals surface area contributed by atoms with Crippen LogP contribution in [-0.2, 0) is 13.0 Å². The van der Waals surface area contributed by atoms with Crippen molar-refractivity contribution >= 4 is 23.2 Å². The number of hydrogen-bond donors (Lipinski definition) is 1. The van der Waals surface area contributed by atoms with Gasteiger partial charge in [-0.15, -0.1) is 0 Å². The van der Waals surface area contributed by atoms with Crippen molar-refractivity contribution in [3.05, 3.63) is 57.6 Å². The molecule has 5 heteroatoms. The van der Waals surface area contributed by atoms with Crippen LogP contribution in [0.5, 0.6) is 11.5 Å². The lowest BCUT2D eigenvalue weighted by molar-refractivity contribution is 0.335. The molecule has 0 heterocycles. The largest absolute Gasteiger partial charge is 0.496 e. The van der Waals surface area contributed by atoms with E-state index in [1.54, 1.807) is 13.2 Å². The van der Waals surface area contributed by atoms with Crippen molar-refractivity contribution in [1.82, 2.24) is 5.32 Å². The van der Waals surface area contributed by atoms with Crippen LogP contribution in [0.2, 0.25) is 10.0 Å². The standard InChI is InChI=1S/C18H21Cl2NO2/c1-3-23-18-14(10-15(19)11-16(18)20)12-21-9-8-13-6-4-5-7-17(13)22-2/h4-7,10-11,21H,3,8-9,12H2,1-2H3. The van der Waals surface area contributed by atoms with Crippen molar-refractivity contribution in [1.29, 1.82) is 0 Å². The van der Waals surface area contributed by atoms with Crippen LogP contribution in [0.25, 0.3) is 0 Å². The molecule has 0 unspecified atom stereocenters. The number of nitrogens with one attached hydrogen (secondary N) is 1. The molecule has 0 amide bonds. The summed E-state index contributed by atoms with van der Waals surface area (Å²) >= 11 is 12.3. The minimum absolute atomic E-state index is 0.542. The summed E-state index contributed by atoms with van der Waals surface area (Å²) in [5.74, 6) is 1.61. The van der Waals surface area contributed by atoms with Gasteiger partial charge in [-0.25, -0.2) is 0 Å². The lowest BCUT2D eigenvalue weighted by Crippen LogP contribution is -2.17. The summed E-state index contributed by atoms with van der Waals surface area (Å²) in [4.78, 5) is 0. The van der Waals surface area contributed by atoms with Crippen molar-refractivity contribution in [2.45, 2.75) is 19.9 Å². The Balaban J connectivity index is 1.96. The van der Waals surface area contributed by atoms with Crippen molar-refractivity contribution in [2.75, 3.05) is 20.3 Å². The van der Waals surface area contributed by atoms with Gasteiger partial charge >= 0.3 is 0 Å². The van der Waals surface area contributed by atoms with Gasteiger partial charge < -0.3 is 14.8 Å². The first-order valence-electron chi connectivity index (χ1n) is 7.59. The van der Waals surface area contributed by atoms with E-state index in [2.05, 4.69) is 11.4 Å². The Morgan fingerprint density at radius 3 is 2.61 bits per heavy atom. The van der Waals surface area contributed by atoms with E-state index in [0.717, 1.165) is 24.3 Å². The third kappa shape index (κ3) is 5.03. The van der Waals surface area contributed by atoms with Gasteiger partial charge in [-0.3, -0.25) is 0 Å². The fourth-order valence-corrected chi connectivity index (χ4v) is 3.00. The molecule has 0 saturated heterocycles. The van der Waals surface area contributed by atoms with Crippen LogP contribution >= 0.6 is 23.2 Å². The van der Waals surface area contributed by atoms with Gasteiger partial charge in [0.2, 0.25) is 0 Å². The molecular weight excluding hydrogens is 333 g/mol. The van der Waals surface area contributed by atoms with Gasteiger partial charge in [-0.2, -0.15) is 0 Å².